The lowest BCUT2D eigenvalue weighted by Gasteiger charge is -2.29. The molecule has 0 bridgehead atoms. The van der Waals surface area contributed by atoms with Crippen molar-refractivity contribution in [2.45, 2.75) is 43.7 Å². The SMILES string of the molecule is C[C@@H](OC(=O)[C@@H]1CS[C@@]2(C)CCC(=O)N12)C(=O)Nc1ccc(F)c(Cl)c1. The number of nitrogens with one attached hydrogen (secondary N) is 1. The third kappa shape index (κ3) is 3.53. The van der Waals surface area contributed by atoms with Gasteiger partial charge in [-0.1, -0.05) is 11.6 Å². The van der Waals surface area contributed by atoms with Crippen LogP contribution in [0.25, 0.3) is 0 Å². The first-order valence-corrected chi connectivity index (χ1v) is 9.50. The summed E-state index contributed by atoms with van der Waals surface area (Å²) in [5.74, 6) is -1.39. The third-order valence-electron chi connectivity index (χ3n) is 4.57. The molecule has 2 aliphatic heterocycles. The number of carbonyl (C=O) groups is 3. The van der Waals surface area contributed by atoms with Crippen LogP contribution in [0.1, 0.15) is 26.7 Å². The average molecular weight is 401 g/mol. The number of hydrogen-bond acceptors (Lipinski definition) is 5. The van der Waals surface area contributed by atoms with Gasteiger partial charge in [0.15, 0.2) is 6.10 Å². The second-order valence-corrected chi connectivity index (χ2v) is 8.37. The van der Waals surface area contributed by atoms with Crippen LogP contribution >= 0.6 is 23.4 Å². The number of anilines is 1. The number of carbonyl (C=O) groups excluding carboxylic acids is 3. The molecule has 0 aromatic heterocycles. The van der Waals surface area contributed by atoms with Crippen molar-refractivity contribution in [3.63, 3.8) is 0 Å². The number of amides is 2. The molecule has 0 aliphatic carbocycles. The standard InChI is InChI=1S/C17H18ClFN2O4S/c1-9(15(23)20-10-3-4-12(19)11(18)7-10)25-16(24)13-8-26-17(2)6-5-14(22)21(13)17/h3-4,7,9,13H,5-6,8H2,1-2H3,(H,20,23)/t9-,13+,17+/m1/s1. The van der Waals surface area contributed by atoms with Gasteiger partial charge >= 0.3 is 5.97 Å². The van der Waals surface area contributed by atoms with E-state index < -0.39 is 29.8 Å². The fraction of sp³-hybridized carbons (Fsp3) is 0.471. The van der Waals surface area contributed by atoms with Gasteiger partial charge in [-0.25, -0.2) is 9.18 Å². The van der Waals surface area contributed by atoms with E-state index in [0.717, 1.165) is 6.07 Å². The van der Waals surface area contributed by atoms with Crippen LogP contribution in [0.15, 0.2) is 18.2 Å². The van der Waals surface area contributed by atoms with E-state index in [1.54, 1.807) is 16.7 Å². The zero-order valence-electron chi connectivity index (χ0n) is 14.3. The number of rotatable bonds is 4. The first-order chi connectivity index (χ1) is 12.2. The maximum absolute atomic E-state index is 13.2. The predicted octanol–water partition coefficient (Wildman–Crippen LogP) is 2.80. The van der Waals surface area contributed by atoms with Crippen molar-refractivity contribution in [2.24, 2.45) is 0 Å². The van der Waals surface area contributed by atoms with Crippen molar-refractivity contribution in [2.75, 3.05) is 11.1 Å². The minimum absolute atomic E-state index is 0.0718. The Kier molecular flexibility index (Phi) is 5.16. The first kappa shape index (κ1) is 19.0. The summed E-state index contributed by atoms with van der Waals surface area (Å²) in [6.45, 7) is 3.37. The van der Waals surface area contributed by atoms with Crippen molar-refractivity contribution < 1.29 is 23.5 Å². The zero-order chi connectivity index (χ0) is 19.1. The van der Waals surface area contributed by atoms with Crippen LogP contribution in [-0.2, 0) is 19.1 Å². The molecular formula is C17H18ClFN2O4S. The van der Waals surface area contributed by atoms with Crippen LogP contribution in [0.2, 0.25) is 5.02 Å². The van der Waals surface area contributed by atoms with Gasteiger partial charge in [0, 0.05) is 17.9 Å². The molecule has 0 spiro atoms. The van der Waals surface area contributed by atoms with Crippen LogP contribution < -0.4 is 5.32 Å². The molecular weight excluding hydrogens is 383 g/mol. The van der Waals surface area contributed by atoms with Crippen LogP contribution in [0.4, 0.5) is 10.1 Å². The number of benzene rings is 1. The maximum Gasteiger partial charge on any atom is 0.330 e. The van der Waals surface area contributed by atoms with E-state index >= 15 is 0 Å². The summed E-state index contributed by atoms with van der Waals surface area (Å²) < 4.78 is 18.4. The summed E-state index contributed by atoms with van der Waals surface area (Å²) in [4.78, 5) is 37.9. The molecule has 0 unspecified atom stereocenters. The second-order valence-electron chi connectivity index (χ2n) is 6.46. The van der Waals surface area contributed by atoms with Crippen molar-refractivity contribution >= 4 is 46.8 Å². The third-order valence-corrected chi connectivity index (χ3v) is 6.36. The zero-order valence-corrected chi connectivity index (χ0v) is 15.8. The fourth-order valence-electron chi connectivity index (χ4n) is 3.12. The highest BCUT2D eigenvalue weighted by Gasteiger charge is 2.53. The van der Waals surface area contributed by atoms with E-state index in [0.29, 0.717) is 24.3 Å². The van der Waals surface area contributed by atoms with Gasteiger partial charge in [0.1, 0.15) is 11.9 Å². The molecule has 0 radical (unpaired) electrons. The molecule has 0 saturated carbocycles. The summed E-state index contributed by atoms with van der Waals surface area (Å²) >= 11 is 7.22. The van der Waals surface area contributed by atoms with Crippen LogP contribution in [0, 0.1) is 5.82 Å². The quantitative estimate of drug-likeness (QED) is 0.786. The van der Waals surface area contributed by atoms with Gasteiger partial charge < -0.3 is 15.0 Å². The van der Waals surface area contributed by atoms with Crippen molar-refractivity contribution in [3.05, 3.63) is 29.0 Å². The van der Waals surface area contributed by atoms with Gasteiger partial charge in [0.25, 0.3) is 5.91 Å². The molecule has 6 nitrogen and oxygen atoms in total. The average Bonchev–Trinajstić information content (AvgIpc) is 3.07. The molecule has 26 heavy (non-hydrogen) atoms. The number of fused-ring (bicyclic) bond motifs is 1. The summed E-state index contributed by atoms with van der Waals surface area (Å²) in [5, 5.41) is 2.39. The molecule has 1 aromatic rings. The van der Waals surface area contributed by atoms with Gasteiger partial charge in [0.2, 0.25) is 5.91 Å². The Bertz CT molecular complexity index is 777. The predicted molar refractivity (Wildman–Crippen MR) is 96.3 cm³/mol. The molecule has 1 aromatic carbocycles. The smallest absolute Gasteiger partial charge is 0.330 e. The highest BCUT2D eigenvalue weighted by molar-refractivity contribution is 8.01. The summed E-state index contributed by atoms with van der Waals surface area (Å²) in [7, 11) is 0. The van der Waals surface area contributed by atoms with E-state index in [1.165, 1.54) is 19.1 Å². The van der Waals surface area contributed by atoms with Crippen LogP contribution in [0.5, 0.6) is 0 Å². The second kappa shape index (κ2) is 7.08. The largest absolute Gasteiger partial charge is 0.451 e. The number of ether oxygens (including phenoxy) is 1. The van der Waals surface area contributed by atoms with Crippen molar-refractivity contribution in [3.8, 4) is 0 Å². The Labute approximate surface area is 159 Å². The normalized spacial score (nSPS) is 25.8. The Morgan fingerprint density at radius 1 is 1.50 bits per heavy atom. The van der Waals surface area contributed by atoms with Gasteiger partial charge in [-0.2, -0.15) is 0 Å². The van der Waals surface area contributed by atoms with E-state index in [-0.39, 0.29) is 15.8 Å². The van der Waals surface area contributed by atoms with Crippen molar-refractivity contribution in [1.82, 2.24) is 4.90 Å². The minimum atomic E-state index is -1.07. The summed E-state index contributed by atoms with van der Waals surface area (Å²) in [5.41, 5.74) is 0.294. The Morgan fingerprint density at radius 3 is 2.92 bits per heavy atom. The molecule has 2 aliphatic rings. The minimum Gasteiger partial charge on any atom is -0.451 e. The molecule has 9 heteroatoms. The fourth-order valence-corrected chi connectivity index (χ4v) is 4.72. The number of hydrogen-bond donors (Lipinski definition) is 1. The lowest BCUT2D eigenvalue weighted by atomic mass is 10.2. The molecule has 140 valence electrons. The van der Waals surface area contributed by atoms with Crippen LogP contribution in [-0.4, -0.2) is 45.5 Å². The van der Waals surface area contributed by atoms with E-state index in [2.05, 4.69) is 5.32 Å². The summed E-state index contributed by atoms with van der Waals surface area (Å²) in [6.07, 6.45) is 0.0388. The van der Waals surface area contributed by atoms with Gasteiger partial charge in [-0.05, 0) is 38.5 Å². The van der Waals surface area contributed by atoms with Gasteiger partial charge in [-0.3, -0.25) is 9.59 Å². The number of esters is 1. The van der Waals surface area contributed by atoms with E-state index in [1.807, 2.05) is 6.92 Å². The topological polar surface area (TPSA) is 75.7 Å². The molecule has 2 amide bonds. The molecule has 2 heterocycles. The van der Waals surface area contributed by atoms with Gasteiger partial charge in [0.05, 0.1) is 9.89 Å². The molecule has 2 saturated heterocycles. The molecule has 3 rings (SSSR count). The monoisotopic (exact) mass is 400 g/mol. The van der Waals surface area contributed by atoms with Crippen LogP contribution in [0.3, 0.4) is 0 Å². The maximum atomic E-state index is 13.2. The Hall–Kier alpha value is -1.80. The highest BCUT2D eigenvalue weighted by Crippen LogP contribution is 2.47. The number of thioether (sulfide) groups is 1. The highest BCUT2D eigenvalue weighted by atomic mass is 35.5. The Balaban J connectivity index is 1.61. The number of halogens is 2. The Morgan fingerprint density at radius 2 is 2.23 bits per heavy atom. The lowest BCUT2D eigenvalue weighted by molar-refractivity contribution is -0.160. The van der Waals surface area contributed by atoms with E-state index in [4.69, 9.17) is 16.3 Å². The first-order valence-electron chi connectivity index (χ1n) is 8.14. The number of nitrogens with zero attached hydrogens (tertiary/aromatic N) is 1. The van der Waals surface area contributed by atoms with Crippen molar-refractivity contribution in [1.29, 1.82) is 0 Å². The van der Waals surface area contributed by atoms with E-state index in [9.17, 15) is 18.8 Å². The summed E-state index contributed by atoms with van der Waals surface area (Å²) in [6, 6.07) is 3.07. The molecule has 3 atom stereocenters. The van der Waals surface area contributed by atoms with Gasteiger partial charge in [-0.15, -0.1) is 11.8 Å². The molecule has 2 fully saturated rings. The molecule has 1 N–H and O–H groups in total. The lowest BCUT2D eigenvalue weighted by Crippen LogP contribution is -2.48.